The molecule has 106 valence electrons. The van der Waals surface area contributed by atoms with Gasteiger partial charge in [0.25, 0.3) is 5.91 Å². The third-order valence-corrected chi connectivity index (χ3v) is 2.81. The number of hydrogen-bond acceptors (Lipinski definition) is 6. The molecule has 0 aliphatic carbocycles. The van der Waals surface area contributed by atoms with Gasteiger partial charge in [-0.05, 0) is 25.1 Å². The molecule has 0 saturated carbocycles. The number of amides is 1. The summed E-state index contributed by atoms with van der Waals surface area (Å²) in [4.78, 5) is 16.1. The minimum Gasteiger partial charge on any atom is -0.351 e. The Bertz CT molecular complexity index is 614. The summed E-state index contributed by atoms with van der Waals surface area (Å²) in [6.07, 6.45) is 0.457. The van der Waals surface area contributed by atoms with Crippen LogP contribution in [0, 0.1) is 6.92 Å². The van der Waals surface area contributed by atoms with Gasteiger partial charge in [0.15, 0.2) is 5.82 Å². The summed E-state index contributed by atoms with van der Waals surface area (Å²) < 4.78 is 4.95. The number of hydrazine groups is 1. The van der Waals surface area contributed by atoms with E-state index >= 15 is 0 Å². The largest absolute Gasteiger partial charge is 0.351 e. The minimum absolute atomic E-state index is 0.281. The lowest BCUT2D eigenvalue weighted by molar-refractivity contribution is 0.0954. The number of nitrogens with one attached hydrogen (secondary N) is 2. The molecule has 8 heteroatoms. The Kier molecular flexibility index (Phi) is 4.54. The van der Waals surface area contributed by atoms with Crippen LogP contribution in [0.4, 0.5) is 5.69 Å². The van der Waals surface area contributed by atoms with Crippen molar-refractivity contribution in [1.82, 2.24) is 15.5 Å². The van der Waals surface area contributed by atoms with Crippen LogP contribution in [0.5, 0.6) is 0 Å². The van der Waals surface area contributed by atoms with E-state index in [0.717, 1.165) is 0 Å². The predicted molar refractivity (Wildman–Crippen MR) is 74.3 cm³/mol. The number of halogens is 1. The van der Waals surface area contributed by atoms with Gasteiger partial charge in [-0.25, -0.2) is 0 Å². The molecule has 0 bridgehead atoms. The third-order valence-electron chi connectivity index (χ3n) is 2.58. The molecule has 0 aliphatic rings. The van der Waals surface area contributed by atoms with Crippen molar-refractivity contribution in [2.75, 3.05) is 12.0 Å². The fourth-order valence-electron chi connectivity index (χ4n) is 1.65. The first kappa shape index (κ1) is 14.3. The van der Waals surface area contributed by atoms with Crippen molar-refractivity contribution in [3.05, 3.63) is 40.5 Å². The second-order valence-corrected chi connectivity index (χ2v) is 4.51. The molecule has 0 unspecified atom stereocenters. The fourth-order valence-corrected chi connectivity index (χ4v) is 1.82. The van der Waals surface area contributed by atoms with Gasteiger partial charge < -0.3 is 15.3 Å². The molecule has 0 radical (unpaired) electrons. The number of carbonyl (C=O) groups is 1. The normalized spacial score (nSPS) is 10.3. The van der Waals surface area contributed by atoms with Crippen molar-refractivity contribution in [1.29, 1.82) is 0 Å². The van der Waals surface area contributed by atoms with Gasteiger partial charge in [-0.15, -0.1) is 0 Å². The van der Waals surface area contributed by atoms with Crippen molar-refractivity contribution in [3.8, 4) is 0 Å². The topological polar surface area (TPSA) is 106 Å². The van der Waals surface area contributed by atoms with Gasteiger partial charge in [0.2, 0.25) is 5.89 Å². The third kappa shape index (κ3) is 3.46. The monoisotopic (exact) mass is 295 g/mol. The van der Waals surface area contributed by atoms with Crippen molar-refractivity contribution in [2.24, 2.45) is 5.84 Å². The van der Waals surface area contributed by atoms with Crippen LogP contribution in [0.3, 0.4) is 0 Å². The van der Waals surface area contributed by atoms with Crippen molar-refractivity contribution >= 4 is 23.2 Å². The van der Waals surface area contributed by atoms with E-state index < -0.39 is 0 Å². The van der Waals surface area contributed by atoms with Crippen LogP contribution < -0.4 is 16.6 Å². The van der Waals surface area contributed by atoms with E-state index in [1.54, 1.807) is 25.1 Å². The van der Waals surface area contributed by atoms with Gasteiger partial charge in [0, 0.05) is 18.0 Å². The molecule has 4 N–H and O–H groups in total. The van der Waals surface area contributed by atoms with Gasteiger partial charge in [-0.2, -0.15) is 4.98 Å². The molecule has 0 aliphatic heterocycles. The molecule has 0 saturated heterocycles. The van der Waals surface area contributed by atoms with Crippen LogP contribution in [0.25, 0.3) is 0 Å². The van der Waals surface area contributed by atoms with Gasteiger partial charge in [-0.1, -0.05) is 16.8 Å². The summed E-state index contributed by atoms with van der Waals surface area (Å²) in [6, 6.07) is 4.83. The Hall–Kier alpha value is -2.12. The van der Waals surface area contributed by atoms with Gasteiger partial charge in [0.1, 0.15) is 0 Å². The van der Waals surface area contributed by atoms with E-state index in [4.69, 9.17) is 22.0 Å². The number of rotatable bonds is 5. The Labute approximate surface area is 120 Å². The number of aromatic nitrogens is 2. The first-order valence-electron chi connectivity index (χ1n) is 5.93. The average molecular weight is 296 g/mol. The molecule has 2 aromatic rings. The highest BCUT2D eigenvalue weighted by atomic mass is 35.5. The van der Waals surface area contributed by atoms with E-state index in [1.807, 2.05) is 0 Å². The van der Waals surface area contributed by atoms with Crippen molar-refractivity contribution in [2.45, 2.75) is 13.3 Å². The number of benzene rings is 1. The summed E-state index contributed by atoms with van der Waals surface area (Å²) in [5, 5.41) is 6.87. The lowest BCUT2D eigenvalue weighted by atomic mass is 10.1. The lowest BCUT2D eigenvalue weighted by Crippen LogP contribution is -2.27. The number of carbonyl (C=O) groups excluding carboxylic acids is 1. The number of nitrogens with zero attached hydrogens (tertiary/aromatic N) is 2. The minimum atomic E-state index is -0.281. The van der Waals surface area contributed by atoms with E-state index in [2.05, 4.69) is 20.9 Å². The Morgan fingerprint density at radius 1 is 1.50 bits per heavy atom. The number of nitrogen functional groups attached to an aromatic ring is 1. The molecular formula is C12H14ClN5O2. The van der Waals surface area contributed by atoms with Gasteiger partial charge >= 0.3 is 0 Å². The van der Waals surface area contributed by atoms with E-state index in [-0.39, 0.29) is 5.91 Å². The molecule has 7 nitrogen and oxygen atoms in total. The molecule has 1 aromatic carbocycles. The molecule has 2 rings (SSSR count). The van der Waals surface area contributed by atoms with E-state index in [1.165, 1.54) is 0 Å². The standard InChI is InChI=1S/C12H14ClN5O2/c1-7-16-11(20-18-7)4-5-15-12(19)9-6-8(13)2-3-10(9)17-14/h2-3,6,17H,4-5,14H2,1H3,(H,15,19). The number of hydrogen-bond donors (Lipinski definition) is 3. The quantitative estimate of drug-likeness (QED) is 0.567. The highest BCUT2D eigenvalue weighted by molar-refractivity contribution is 6.31. The van der Waals surface area contributed by atoms with E-state index in [9.17, 15) is 4.79 Å². The molecule has 1 heterocycles. The SMILES string of the molecule is Cc1noc(CCNC(=O)c2cc(Cl)ccc2NN)n1. The van der Waals surface area contributed by atoms with Crippen molar-refractivity contribution < 1.29 is 9.32 Å². The molecular weight excluding hydrogens is 282 g/mol. The van der Waals surface area contributed by atoms with Crippen LogP contribution >= 0.6 is 11.6 Å². The van der Waals surface area contributed by atoms with Crippen LogP contribution in [-0.4, -0.2) is 22.6 Å². The van der Waals surface area contributed by atoms with Crippen LogP contribution in [0.15, 0.2) is 22.7 Å². The smallest absolute Gasteiger partial charge is 0.253 e. The first-order chi connectivity index (χ1) is 9.60. The summed E-state index contributed by atoms with van der Waals surface area (Å²) in [6.45, 7) is 2.10. The van der Waals surface area contributed by atoms with Gasteiger partial charge in [0.05, 0.1) is 11.3 Å². The number of anilines is 1. The number of aryl methyl sites for hydroxylation is 1. The summed E-state index contributed by atoms with van der Waals surface area (Å²) in [7, 11) is 0. The molecule has 20 heavy (non-hydrogen) atoms. The van der Waals surface area contributed by atoms with Crippen LogP contribution in [0.1, 0.15) is 22.1 Å². The number of nitrogens with two attached hydrogens (primary N) is 1. The zero-order chi connectivity index (χ0) is 14.5. The maximum absolute atomic E-state index is 12.0. The van der Waals surface area contributed by atoms with Crippen LogP contribution in [0.2, 0.25) is 5.02 Å². The maximum atomic E-state index is 12.0. The highest BCUT2D eigenvalue weighted by Gasteiger charge is 2.12. The summed E-state index contributed by atoms with van der Waals surface area (Å²) in [5.74, 6) is 6.12. The summed E-state index contributed by atoms with van der Waals surface area (Å²) >= 11 is 5.87. The summed E-state index contributed by atoms with van der Waals surface area (Å²) in [5.41, 5.74) is 3.33. The van der Waals surface area contributed by atoms with Crippen molar-refractivity contribution in [3.63, 3.8) is 0 Å². The zero-order valence-corrected chi connectivity index (χ0v) is 11.6. The zero-order valence-electron chi connectivity index (χ0n) is 10.8. The highest BCUT2D eigenvalue weighted by Crippen LogP contribution is 2.19. The van der Waals surface area contributed by atoms with E-state index in [0.29, 0.717) is 41.0 Å². The maximum Gasteiger partial charge on any atom is 0.253 e. The Morgan fingerprint density at radius 3 is 2.95 bits per heavy atom. The molecule has 0 spiro atoms. The molecule has 0 fully saturated rings. The lowest BCUT2D eigenvalue weighted by Gasteiger charge is -2.09. The molecule has 1 amide bonds. The second kappa shape index (κ2) is 6.36. The molecule has 0 atom stereocenters. The predicted octanol–water partition coefficient (Wildman–Crippen LogP) is 1.29. The van der Waals surface area contributed by atoms with Crippen LogP contribution in [-0.2, 0) is 6.42 Å². The fraction of sp³-hybridized carbons (Fsp3) is 0.250. The molecule has 1 aromatic heterocycles. The first-order valence-corrected chi connectivity index (χ1v) is 6.31. The average Bonchev–Trinajstić information content (AvgIpc) is 2.84. The second-order valence-electron chi connectivity index (χ2n) is 4.08. The Morgan fingerprint density at radius 2 is 2.30 bits per heavy atom. The van der Waals surface area contributed by atoms with Gasteiger partial charge in [-0.3, -0.25) is 10.6 Å². The Balaban J connectivity index is 1.96.